The summed E-state index contributed by atoms with van der Waals surface area (Å²) in [4.78, 5) is 25.8. The first-order valence-electron chi connectivity index (χ1n) is 8.16. The standard InChI is InChI=1S/C19H17F2N3O2S/c1-19(2,18(26)22-11-12-13(20)5-3-6-14(12)21)24-17(25)9-8-15(23-24)16-7-4-10-27-16/h3-10H,11H2,1-2H3,(H,22,26). The lowest BCUT2D eigenvalue weighted by atomic mass is 10.0. The molecule has 5 nitrogen and oxygen atoms in total. The SMILES string of the molecule is CC(C)(C(=O)NCc1c(F)cccc1F)n1nc(-c2cccs2)ccc1=O. The van der Waals surface area contributed by atoms with E-state index in [1.54, 1.807) is 6.07 Å². The Bertz CT molecular complexity index is 1010. The summed E-state index contributed by atoms with van der Waals surface area (Å²) >= 11 is 1.46. The van der Waals surface area contributed by atoms with Crippen LogP contribution in [0, 0.1) is 11.6 Å². The van der Waals surface area contributed by atoms with E-state index in [9.17, 15) is 18.4 Å². The van der Waals surface area contributed by atoms with Gasteiger partial charge in [0.15, 0.2) is 0 Å². The number of aromatic nitrogens is 2. The summed E-state index contributed by atoms with van der Waals surface area (Å²) in [6.07, 6.45) is 0. The third kappa shape index (κ3) is 3.80. The summed E-state index contributed by atoms with van der Waals surface area (Å²) in [5.74, 6) is -2.07. The van der Waals surface area contributed by atoms with Crippen molar-refractivity contribution in [1.29, 1.82) is 0 Å². The molecule has 0 unspecified atom stereocenters. The third-order valence-corrected chi connectivity index (χ3v) is 5.04. The highest BCUT2D eigenvalue weighted by Crippen LogP contribution is 2.22. The van der Waals surface area contributed by atoms with Crippen LogP contribution in [0.5, 0.6) is 0 Å². The minimum Gasteiger partial charge on any atom is -0.350 e. The van der Waals surface area contributed by atoms with E-state index in [1.165, 1.54) is 37.3 Å². The number of carbonyl (C=O) groups excluding carboxylic acids is 1. The molecule has 2 aromatic heterocycles. The summed E-state index contributed by atoms with van der Waals surface area (Å²) < 4.78 is 28.6. The molecule has 0 saturated heterocycles. The van der Waals surface area contributed by atoms with E-state index >= 15 is 0 Å². The number of rotatable bonds is 5. The lowest BCUT2D eigenvalue weighted by Gasteiger charge is -2.25. The molecule has 0 radical (unpaired) electrons. The van der Waals surface area contributed by atoms with Gasteiger partial charge >= 0.3 is 0 Å². The Morgan fingerprint density at radius 3 is 2.48 bits per heavy atom. The molecule has 1 N–H and O–H groups in total. The first-order chi connectivity index (χ1) is 12.8. The van der Waals surface area contributed by atoms with E-state index < -0.39 is 28.6 Å². The van der Waals surface area contributed by atoms with E-state index in [0.29, 0.717) is 5.69 Å². The number of amides is 1. The average molecular weight is 389 g/mol. The second-order valence-corrected chi connectivity index (χ2v) is 7.34. The van der Waals surface area contributed by atoms with Gasteiger partial charge in [-0.15, -0.1) is 11.3 Å². The smallest absolute Gasteiger partial charge is 0.267 e. The molecule has 3 aromatic rings. The first kappa shape index (κ1) is 18.9. The van der Waals surface area contributed by atoms with Crippen molar-refractivity contribution >= 4 is 17.2 Å². The lowest BCUT2D eigenvalue weighted by Crippen LogP contribution is -2.49. The zero-order chi connectivity index (χ0) is 19.6. The van der Waals surface area contributed by atoms with Gasteiger partial charge in [0, 0.05) is 18.2 Å². The number of thiophene rings is 1. The molecule has 0 aliphatic heterocycles. The van der Waals surface area contributed by atoms with Crippen LogP contribution in [0.1, 0.15) is 19.4 Å². The van der Waals surface area contributed by atoms with Gasteiger partial charge < -0.3 is 5.32 Å². The molecule has 8 heteroatoms. The molecule has 0 fully saturated rings. The molecule has 0 aliphatic carbocycles. The maximum Gasteiger partial charge on any atom is 0.267 e. The molecular formula is C19H17F2N3O2S. The molecule has 3 rings (SSSR count). The highest BCUT2D eigenvalue weighted by molar-refractivity contribution is 7.13. The van der Waals surface area contributed by atoms with Gasteiger partial charge in [0.1, 0.15) is 22.9 Å². The second-order valence-electron chi connectivity index (χ2n) is 6.39. The number of nitrogens with zero attached hydrogens (tertiary/aromatic N) is 2. The Hall–Kier alpha value is -2.87. The van der Waals surface area contributed by atoms with E-state index in [0.717, 1.165) is 21.7 Å². The summed E-state index contributed by atoms with van der Waals surface area (Å²) in [7, 11) is 0. The van der Waals surface area contributed by atoms with Gasteiger partial charge in [-0.2, -0.15) is 5.10 Å². The molecule has 0 saturated carbocycles. The van der Waals surface area contributed by atoms with Crippen LogP contribution < -0.4 is 10.9 Å². The highest BCUT2D eigenvalue weighted by atomic mass is 32.1. The zero-order valence-corrected chi connectivity index (χ0v) is 15.5. The van der Waals surface area contributed by atoms with Crippen molar-refractivity contribution in [3.05, 3.63) is 75.4 Å². The Labute approximate surface area is 158 Å². The van der Waals surface area contributed by atoms with Crippen LogP contribution in [-0.4, -0.2) is 15.7 Å². The zero-order valence-electron chi connectivity index (χ0n) is 14.7. The monoisotopic (exact) mass is 389 g/mol. The Morgan fingerprint density at radius 2 is 1.85 bits per heavy atom. The highest BCUT2D eigenvalue weighted by Gasteiger charge is 2.32. The van der Waals surface area contributed by atoms with Gasteiger partial charge in [-0.3, -0.25) is 9.59 Å². The van der Waals surface area contributed by atoms with E-state index in [-0.39, 0.29) is 12.1 Å². The summed E-state index contributed by atoms with van der Waals surface area (Å²) in [6.45, 7) is 2.71. The number of hydrogen-bond acceptors (Lipinski definition) is 4. The Morgan fingerprint density at radius 1 is 1.15 bits per heavy atom. The Kier molecular flexibility index (Phi) is 5.18. The van der Waals surface area contributed by atoms with Crippen molar-refractivity contribution in [3.63, 3.8) is 0 Å². The maximum atomic E-state index is 13.7. The van der Waals surface area contributed by atoms with E-state index in [1.807, 2.05) is 17.5 Å². The van der Waals surface area contributed by atoms with Crippen LogP contribution in [0.2, 0.25) is 0 Å². The molecule has 0 atom stereocenters. The minimum absolute atomic E-state index is 0.241. The predicted molar refractivity (Wildman–Crippen MR) is 99.3 cm³/mol. The Balaban J connectivity index is 1.86. The van der Waals surface area contributed by atoms with Crippen molar-refractivity contribution < 1.29 is 13.6 Å². The molecule has 0 spiro atoms. The number of hydrogen-bond donors (Lipinski definition) is 1. The molecule has 2 heterocycles. The van der Waals surface area contributed by atoms with Crippen molar-refractivity contribution in [2.75, 3.05) is 0 Å². The van der Waals surface area contributed by atoms with Gasteiger partial charge in [0.05, 0.1) is 4.88 Å². The lowest BCUT2D eigenvalue weighted by molar-refractivity contribution is -0.129. The van der Waals surface area contributed by atoms with Gasteiger partial charge in [0.25, 0.3) is 5.56 Å². The first-order valence-corrected chi connectivity index (χ1v) is 9.04. The van der Waals surface area contributed by atoms with Crippen LogP contribution in [-0.2, 0) is 16.9 Å². The fourth-order valence-corrected chi connectivity index (χ4v) is 3.24. The molecule has 27 heavy (non-hydrogen) atoms. The van der Waals surface area contributed by atoms with E-state index in [4.69, 9.17) is 0 Å². The fourth-order valence-electron chi connectivity index (χ4n) is 2.55. The largest absolute Gasteiger partial charge is 0.350 e. The van der Waals surface area contributed by atoms with Gasteiger partial charge in [0.2, 0.25) is 5.91 Å². The van der Waals surface area contributed by atoms with Crippen LogP contribution in [0.25, 0.3) is 10.6 Å². The van der Waals surface area contributed by atoms with Gasteiger partial charge in [-0.25, -0.2) is 13.5 Å². The summed E-state index contributed by atoms with van der Waals surface area (Å²) in [5.41, 5.74) is -1.49. The molecule has 0 aliphatic rings. The molecule has 140 valence electrons. The number of nitrogens with one attached hydrogen (secondary N) is 1. The summed E-state index contributed by atoms with van der Waals surface area (Å²) in [5, 5.41) is 8.67. The van der Waals surface area contributed by atoms with Gasteiger partial charge in [-0.05, 0) is 43.5 Å². The molecular weight excluding hydrogens is 372 g/mol. The van der Waals surface area contributed by atoms with Crippen LogP contribution in [0.3, 0.4) is 0 Å². The maximum absolute atomic E-state index is 13.7. The molecule has 1 amide bonds. The third-order valence-electron chi connectivity index (χ3n) is 4.15. The number of benzene rings is 1. The minimum atomic E-state index is -1.36. The number of carbonyl (C=O) groups is 1. The van der Waals surface area contributed by atoms with Crippen LogP contribution >= 0.6 is 11.3 Å². The summed E-state index contributed by atoms with van der Waals surface area (Å²) in [6, 6.07) is 10.1. The fraction of sp³-hybridized carbons (Fsp3) is 0.211. The van der Waals surface area contributed by atoms with Crippen molar-refractivity contribution in [3.8, 4) is 10.6 Å². The van der Waals surface area contributed by atoms with Crippen molar-refractivity contribution in [1.82, 2.24) is 15.1 Å². The van der Waals surface area contributed by atoms with Crippen molar-refractivity contribution in [2.24, 2.45) is 0 Å². The normalized spacial score (nSPS) is 11.4. The molecule has 0 bridgehead atoms. The topological polar surface area (TPSA) is 64.0 Å². The quantitative estimate of drug-likeness (QED) is 0.728. The van der Waals surface area contributed by atoms with Crippen molar-refractivity contribution in [2.45, 2.75) is 25.9 Å². The number of halogens is 2. The van der Waals surface area contributed by atoms with Gasteiger partial charge in [-0.1, -0.05) is 12.1 Å². The van der Waals surface area contributed by atoms with E-state index in [2.05, 4.69) is 10.4 Å². The predicted octanol–water partition coefficient (Wildman–Crippen LogP) is 3.30. The van der Waals surface area contributed by atoms with Crippen LogP contribution in [0.4, 0.5) is 8.78 Å². The average Bonchev–Trinajstić information content (AvgIpc) is 3.16. The molecule has 1 aromatic carbocycles. The van der Waals surface area contributed by atoms with Crippen LogP contribution in [0.15, 0.2) is 52.6 Å². The second kappa shape index (κ2) is 7.40.